The van der Waals surface area contributed by atoms with E-state index in [4.69, 9.17) is 4.74 Å². The van der Waals surface area contributed by atoms with E-state index in [1.54, 1.807) is 17.0 Å². The molecule has 4 rings (SSSR count). The van der Waals surface area contributed by atoms with Gasteiger partial charge in [0.1, 0.15) is 5.00 Å². The number of anilines is 2. The van der Waals surface area contributed by atoms with Gasteiger partial charge in [0.2, 0.25) is 5.91 Å². The Morgan fingerprint density at radius 1 is 1.20 bits per heavy atom. The Bertz CT molecular complexity index is 1120. The molecule has 160 valence electrons. The smallest absolute Gasteiger partial charge is 0.341 e. The van der Waals surface area contributed by atoms with E-state index in [-0.39, 0.29) is 10.8 Å². The number of carbonyl (C=O) groups is 2. The highest BCUT2D eigenvalue weighted by molar-refractivity contribution is 7.93. The molecule has 1 aromatic carbocycles. The second-order valence-corrected chi connectivity index (χ2v) is 10.2. The molecule has 1 N–H and O–H groups in total. The van der Waals surface area contributed by atoms with E-state index in [2.05, 4.69) is 4.72 Å². The van der Waals surface area contributed by atoms with Crippen molar-refractivity contribution in [2.45, 2.75) is 50.3 Å². The van der Waals surface area contributed by atoms with Crippen molar-refractivity contribution in [3.05, 3.63) is 39.8 Å². The van der Waals surface area contributed by atoms with Crippen LogP contribution >= 0.6 is 11.3 Å². The van der Waals surface area contributed by atoms with Crippen LogP contribution in [0.5, 0.6) is 0 Å². The maximum Gasteiger partial charge on any atom is 0.341 e. The van der Waals surface area contributed by atoms with Crippen LogP contribution in [0.4, 0.5) is 10.7 Å². The zero-order valence-corrected chi connectivity index (χ0v) is 18.6. The molecule has 2 heterocycles. The summed E-state index contributed by atoms with van der Waals surface area (Å²) in [5.41, 5.74) is 2.83. The summed E-state index contributed by atoms with van der Waals surface area (Å²) in [6.45, 7) is 2.37. The largest absolute Gasteiger partial charge is 0.465 e. The quantitative estimate of drug-likeness (QED) is 0.707. The van der Waals surface area contributed by atoms with Gasteiger partial charge >= 0.3 is 5.97 Å². The van der Waals surface area contributed by atoms with E-state index in [0.29, 0.717) is 30.0 Å². The van der Waals surface area contributed by atoms with E-state index in [0.717, 1.165) is 47.4 Å². The molecular weight excluding hydrogens is 424 g/mol. The number of sulfonamides is 1. The first-order chi connectivity index (χ1) is 14.4. The third-order valence-electron chi connectivity index (χ3n) is 5.65. The maximum absolute atomic E-state index is 13.1. The second-order valence-electron chi connectivity index (χ2n) is 7.45. The Kier molecular flexibility index (Phi) is 5.59. The van der Waals surface area contributed by atoms with Crippen LogP contribution in [0, 0.1) is 0 Å². The first-order valence-corrected chi connectivity index (χ1v) is 12.3. The highest BCUT2D eigenvalue weighted by Gasteiger charge is 2.30. The van der Waals surface area contributed by atoms with Crippen molar-refractivity contribution in [1.82, 2.24) is 0 Å². The number of fused-ring (bicyclic) bond motifs is 2. The second kappa shape index (κ2) is 8.03. The lowest BCUT2D eigenvalue weighted by Crippen LogP contribution is -2.27. The van der Waals surface area contributed by atoms with Crippen LogP contribution in [-0.2, 0) is 38.8 Å². The molecule has 2 aromatic rings. The number of nitrogens with one attached hydrogen (secondary N) is 1. The number of ether oxygens (including phenoxy) is 1. The van der Waals surface area contributed by atoms with Gasteiger partial charge in [-0.15, -0.1) is 11.3 Å². The molecule has 1 aromatic heterocycles. The van der Waals surface area contributed by atoms with E-state index in [9.17, 15) is 18.0 Å². The third-order valence-corrected chi connectivity index (χ3v) is 8.33. The summed E-state index contributed by atoms with van der Waals surface area (Å²) < 4.78 is 33.8. The van der Waals surface area contributed by atoms with E-state index >= 15 is 0 Å². The molecule has 9 heteroatoms. The molecule has 0 bridgehead atoms. The summed E-state index contributed by atoms with van der Waals surface area (Å²) in [5.74, 6) is -0.496. The molecule has 1 aliphatic carbocycles. The standard InChI is InChI=1S/C21H24N2O5S2/c1-3-18(24)23-11-10-13-12-14(8-9-16(13)23)30(26,27)22-20-19(21(25)28-2)15-6-4-5-7-17(15)29-20/h8-9,12,22H,3-7,10-11H2,1-2H3. The van der Waals surface area contributed by atoms with E-state index < -0.39 is 16.0 Å². The Morgan fingerprint density at radius 2 is 1.97 bits per heavy atom. The highest BCUT2D eigenvalue weighted by Crippen LogP contribution is 2.40. The Balaban J connectivity index is 1.67. The Hall–Kier alpha value is -2.39. The van der Waals surface area contributed by atoms with Crippen molar-refractivity contribution in [1.29, 1.82) is 0 Å². The molecule has 0 radical (unpaired) electrons. The molecule has 1 aliphatic heterocycles. The molecule has 7 nitrogen and oxygen atoms in total. The molecule has 2 aliphatic rings. The molecule has 0 fully saturated rings. The number of hydrogen-bond acceptors (Lipinski definition) is 6. The summed E-state index contributed by atoms with van der Waals surface area (Å²) >= 11 is 1.32. The van der Waals surface area contributed by atoms with Crippen molar-refractivity contribution >= 4 is 43.9 Å². The lowest BCUT2D eigenvalue weighted by molar-refractivity contribution is -0.118. The number of hydrogen-bond donors (Lipinski definition) is 1. The zero-order valence-electron chi connectivity index (χ0n) is 17.0. The minimum Gasteiger partial charge on any atom is -0.465 e. The zero-order chi connectivity index (χ0) is 21.5. The number of aryl methyl sites for hydroxylation is 1. The van der Waals surface area contributed by atoms with Gasteiger partial charge in [-0.1, -0.05) is 6.92 Å². The van der Waals surface area contributed by atoms with Crippen LogP contribution in [0.2, 0.25) is 0 Å². The van der Waals surface area contributed by atoms with Gasteiger partial charge in [0.15, 0.2) is 0 Å². The molecule has 0 unspecified atom stereocenters. The van der Waals surface area contributed by atoms with Crippen molar-refractivity contribution < 1.29 is 22.7 Å². The van der Waals surface area contributed by atoms with Crippen molar-refractivity contribution in [3.8, 4) is 0 Å². The summed E-state index contributed by atoms with van der Waals surface area (Å²) in [7, 11) is -2.59. The topological polar surface area (TPSA) is 92.8 Å². The average Bonchev–Trinajstić information content (AvgIpc) is 3.32. The fourth-order valence-electron chi connectivity index (χ4n) is 4.13. The molecule has 0 saturated heterocycles. The lowest BCUT2D eigenvalue weighted by Gasteiger charge is -2.16. The molecule has 1 amide bonds. The van der Waals surface area contributed by atoms with Crippen LogP contribution in [0.3, 0.4) is 0 Å². The fraction of sp³-hybridized carbons (Fsp3) is 0.429. The molecular formula is C21H24N2O5S2. The van der Waals surface area contributed by atoms with Gasteiger partial charge in [0.25, 0.3) is 10.0 Å². The number of esters is 1. The molecule has 0 saturated carbocycles. The van der Waals surface area contributed by atoms with Crippen molar-refractivity contribution in [2.75, 3.05) is 23.3 Å². The van der Waals surface area contributed by atoms with Crippen molar-refractivity contribution in [3.63, 3.8) is 0 Å². The fourth-order valence-corrected chi connectivity index (χ4v) is 6.77. The number of carbonyl (C=O) groups excluding carboxylic acids is 2. The first kappa shape index (κ1) is 20.9. The lowest BCUT2D eigenvalue weighted by atomic mass is 9.95. The number of benzene rings is 1. The summed E-state index contributed by atoms with van der Waals surface area (Å²) in [5, 5.41) is 0.317. The Morgan fingerprint density at radius 3 is 2.70 bits per heavy atom. The number of nitrogens with zero attached hydrogens (tertiary/aromatic N) is 1. The Labute approximate surface area is 180 Å². The van der Waals surface area contributed by atoms with Gasteiger partial charge in [-0.3, -0.25) is 9.52 Å². The molecule has 0 atom stereocenters. The third kappa shape index (κ3) is 3.60. The van der Waals surface area contributed by atoms with Gasteiger partial charge in [0.05, 0.1) is 17.6 Å². The van der Waals surface area contributed by atoms with E-state index in [1.807, 2.05) is 6.92 Å². The van der Waals surface area contributed by atoms with Gasteiger partial charge < -0.3 is 9.64 Å². The number of thiophene rings is 1. The van der Waals surface area contributed by atoms with Crippen LogP contribution in [0.25, 0.3) is 0 Å². The molecule has 0 spiro atoms. The number of rotatable bonds is 5. The van der Waals surface area contributed by atoms with E-state index in [1.165, 1.54) is 24.5 Å². The first-order valence-electron chi connectivity index (χ1n) is 10.0. The predicted octanol–water partition coefficient (Wildman–Crippen LogP) is 3.51. The van der Waals surface area contributed by atoms with Gasteiger partial charge in [-0.2, -0.15) is 0 Å². The number of methoxy groups -OCH3 is 1. The molecule has 30 heavy (non-hydrogen) atoms. The van der Waals surface area contributed by atoms with Crippen LogP contribution in [0.1, 0.15) is 52.5 Å². The van der Waals surface area contributed by atoms with Crippen LogP contribution < -0.4 is 9.62 Å². The van der Waals surface area contributed by atoms with Gasteiger partial charge in [-0.25, -0.2) is 13.2 Å². The summed E-state index contributed by atoms with van der Waals surface area (Å²) in [4.78, 5) is 27.3. The SMILES string of the molecule is CCC(=O)N1CCc2cc(S(=O)(=O)Nc3sc4c(c3C(=O)OC)CCCC4)ccc21. The normalized spacial score (nSPS) is 15.5. The minimum absolute atomic E-state index is 0.0226. The average molecular weight is 449 g/mol. The van der Waals surface area contributed by atoms with Gasteiger partial charge in [0, 0.05) is 23.5 Å². The van der Waals surface area contributed by atoms with Crippen molar-refractivity contribution in [2.24, 2.45) is 0 Å². The van der Waals surface area contributed by atoms with Crippen LogP contribution in [-0.4, -0.2) is 33.9 Å². The van der Waals surface area contributed by atoms with Crippen LogP contribution in [0.15, 0.2) is 23.1 Å². The summed E-state index contributed by atoms with van der Waals surface area (Å²) in [6.07, 6.45) is 4.60. The monoisotopic (exact) mass is 448 g/mol. The maximum atomic E-state index is 13.1. The minimum atomic E-state index is -3.89. The highest BCUT2D eigenvalue weighted by atomic mass is 32.2. The van der Waals surface area contributed by atoms with Gasteiger partial charge in [-0.05, 0) is 61.4 Å². The predicted molar refractivity (Wildman–Crippen MR) is 116 cm³/mol. The summed E-state index contributed by atoms with van der Waals surface area (Å²) in [6, 6.07) is 4.81. The number of amides is 1.